The Bertz CT molecular complexity index is 405. The number of rotatable bonds is 3. The third kappa shape index (κ3) is 4.02. The number of nitrogens with one attached hydrogen (secondary N) is 1. The molecule has 0 saturated heterocycles. The first kappa shape index (κ1) is 14.5. The van der Waals surface area contributed by atoms with Crippen LogP contribution in [0.3, 0.4) is 0 Å². The first-order valence-electron chi connectivity index (χ1n) is 6.27. The summed E-state index contributed by atoms with van der Waals surface area (Å²) in [6.07, 6.45) is 8.74. The van der Waals surface area contributed by atoms with E-state index in [0.717, 1.165) is 12.1 Å². The fourth-order valence-corrected chi connectivity index (χ4v) is 2.40. The Balaban J connectivity index is 2.76. The van der Waals surface area contributed by atoms with E-state index in [4.69, 9.17) is 5.73 Å². The van der Waals surface area contributed by atoms with Gasteiger partial charge >= 0.3 is 6.03 Å². The van der Waals surface area contributed by atoms with E-state index >= 15 is 0 Å². The summed E-state index contributed by atoms with van der Waals surface area (Å²) in [6, 6.07) is -0.642. The molecular formula is C14H23N3O. The molecule has 0 fully saturated rings. The zero-order chi connectivity index (χ0) is 13.8. The van der Waals surface area contributed by atoms with E-state index in [1.807, 2.05) is 13.0 Å². The van der Waals surface area contributed by atoms with Gasteiger partial charge in [-0.1, -0.05) is 31.6 Å². The van der Waals surface area contributed by atoms with E-state index in [1.54, 1.807) is 0 Å². The maximum Gasteiger partial charge on any atom is 0.332 e. The van der Waals surface area contributed by atoms with Crippen molar-refractivity contribution < 1.29 is 4.79 Å². The molecule has 4 heteroatoms. The highest BCUT2D eigenvalue weighted by Gasteiger charge is 2.30. The van der Waals surface area contributed by atoms with E-state index in [9.17, 15) is 4.79 Å². The molecule has 0 aliphatic heterocycles. The van der Waals surface area contributed by atoms with Crippen LogP contribution in [-0.2, 0) is 0 Å². The van der Waals surface area contributed by atoms with Crippen molar-refractivity contribution in [3.05, 3.63) is 23.8 Å². The minimum atomic E-state index is -0.642. The number of urea groups is 1. The number of amides is 2. The molecule has 0 unspecified atom stereocenters. The number of primary amides is 1. The lowest BCUT2D eigenvalue weighted by molar-refractivity contribution is 0.249. The first-order valence-corrected chi connectivity index (χ1v) is 6.27. The maximum atomic E-state index is 10.5. The number of nitrogens with two attached hydrogens (primary N) is 1. The molecule has 0 saturated carbocycles. The summed E-state index contributed by atoms with van der Waals surface area (Å²) in [5, 5.41) is 3.87. The number of carbonyl (C=O) groups is 1. The topological polar surface area (TPSA) is 67.5 Å². The molecule has 0 radical (unpaired) electrons. The second-order valence-electron chi connectivity index (χ2n) is 5.54. The fourth-order valence-electron chi connectivity index (χ4n) is 2.40. The van der Waals surface area contributed by atoms with Crippen molar-refractivity contribution in [2.24, 2.45) is 22.2 Å². The smallest absolute Gasteiger partial charge is 0.332 e. The van der Waals surface area contributed by atoms with Gasteiger partial charge in [0.05, 0.1) is 5.71 Å². The Morgan fingerprint density at radius 3 is 2.83 bits per heavy atom. The Labute approximate surface area is 109 Å². The molecule has 1 aliphatic carbocycles. The van der Waals surface area contributed by atoms with Crippen LogP contribution in [0.4, 0.5) is 4.79 Å². The normalized spacial score (nSPS) is 23.9. The van der Waals surface area contributed by atoms with E-state index in [1.165, 1.54) is 12.0 Å². The quantitative estimate of drug-likeness (QED) is 0.450. The standard InChI is InChI=1S/C14H23N3O/c1-10-6-5-9-14(3,4)12(10)8-7-11(2)16-17-13(15)18/h6-8,12H,5,9H2,1-4H3,(H3,15,17,18)/b8-7+,16-11+/t12-/m0/s1. The lowest BCUT2D eigenvalue weighted by Crippen LogP contribution is -2.27. The van der Waals surface area contributed by atoms with Gasteiger partial charge < -0.3 is 5.73 Å². The van der Waals surface area contributed by atoms with Crippen molar-refractivity contribution in [3.8, 4) is 0 Å². The molecule has 100 valence electrons. The predicted molar refractivity (Wildman–Crippen MR) is 75.2 cm³/mol. The van der Waals surface area contributed by atoms with Crippen molar-refractivity contribution >= 4 is 11.7 Å². The molecule has 1 atom stereocenters. The molecule has 0 aromatic rings. The second-order valence-corrected chi connectivity index (χ2v) is 5.54. The third-order valence-corrected chi connectivity index (χ3v) is 3.46. The lowest BCUT2D eigenvalue weighted by atomic mass is 9.68. The third-order valence-electron chi connectivity index (χ3n) is 3.46. The molecule has 0 heterocycles. The van der Waals surface area contributed by atoms with Crippen LogP contribution in [0.2, 0.25) is 0 Å². The number of nitrogens with zero attached hydrogens (tertiary/aromatic N) is 1. The summed E-state index contributed by atoms with van der Waals surface area (Å²) in [4.78, 5) is 10.5. The molecule has 0 spiro atoms. The molecule has 2 amide bonds. The predicted octanol–water partition coefficient (Wildman–Crippen LogP) is 2.97. The second kappa shape index (κ2) is 5.85. The van der Waals surface area contributed by atoms with Gasteiger partial charge in [-0.25, -0.2) is 10.2 Å². The molecule has 0 aromatic heterocycles. The van der Waals surface area contributed by atoms with Crippen molar-refractivity contribution in [2.45, 2.75) is 40.5 Å². The fraction of sp³-hybridized carbons (Fsp3) is 0.571. The van der Waals surface area contributed by atoms with Crippen molar-refractivity contribution in [3.63, 3.8) is 0 Å². The molecule has 3 N–H and O–H groups in total. The van der Waals surface area contributed by atoms with Crippen LogP contribution in [0.15, 0.2) is 28.9 Å². The molecule has 1 rings (SSSR count). The summed E-state index contributed by atoms with van der Waals surface area (Å²) in [5.41, 5.74) is 9.59. The molecule has 18 heavy (non-hydrogen) atoms. The summed E-state index contributed by atoms with van der Waals surface area (Å²) in [7, 11) is 0. The average molecular weight is 249 g/mol. The largest absolute Gasteiger partial charge is 0.350 e. The molecule has 0 bridgehead atoms. The SMILES string of the molecule is CC1=CCCC(C)(C)[C@H]1/C=C/C(C)=N/NC(N)=O. The molecule has 1 aliphatic rings. The number of hydrazone groups is 1. The van der Waals surface area contributed by atoms with Gasteiger partial charge in [-0.05, 0) is 38.2 Å². The Hall–Kier alpha value is -1.58. The van der Waals surface area contributed by atoms with Crippen LogP contribution >= 0.6 is 0 Å². The van der Waals surface area contributed by atoms with Gasteiger partial charge in [0.15, 0.2) is 0 Å². The van der Waals surface area contributed by atoms with E-state index in [-0.39, 0.29) is 5.41 Å². The van der Waals surface area contributed by atoms with Crippen LogP contribution < -0.4 is 11.2 Å². The minimum absolute atomic E-state index is 0.271. The van der Waals surface area contributed by atoms with Gasteiger partial charge in [-0.15, -0.1) is 0 Å². The van der Waals surface area contributed by atoms with Crippen molar-refractivity contribution in [1.82, 2.24) is 5.43 Å². The highest BCUT2D eigenvalue weighted by molar-refractivity contribution is 5.93. The van der Waals surface area contributed by atoms with Gasteiger partial charge in [-0.3, -0.25) is 0 Å². The number of allylic oxidation sites excluding steroid dienone is 4. The monoisotopic (exact) mass is 249 g/mol. The number of hydrogen-bond donors (Lipinski definition) is 2. The van der Waals surface area contributed by atoms with E-state index in [2.05, 4.69) is 43.5 Å². The summed E-state index contributed by atoms with van der Waals surface area (Å²) < 4.78 is 0. The van der Waals surface area contributed by atoms with Crippen LogP contribution in [0.1, 0.15) is 40.5 Å². The Kier molecular flexibility index (Phi) is 4.70. The van der Waals surface area contributed by atoms with Gasteiger partial charge in [0, 0.05) is 5.92 Å². The summed E-state index contributed by atoms with van der Waals surface area (Å²) in [5.74, 6) is 0.421. The van der Waals surface area contributed by atoms with Crippen LogP contribution in [0.5, 0.6) is 0 Å². The van der Waals surface area contributed by atoms with Gasteiger partial charge in [0.25, 0.3) is 0 Å². The Morgan fingerprint density at radius 2 is 2.28 bits per heavy atom. The lowest BCUT2D eigenvalue weighted by Gasteiger charge is -2.36. The maximum absolute atomic E-state index is 10.5. The van der Waals surface area contributed by atoms with Gasteiger partial charge in [-0.2, -0.15) is 5.10 Å². The average Bonchev–Trinajstić information content (AvgIpc) is 2.24. The number of hydrogen-bond acceptors (Lipinski definition) is 2. The summed E-state index contributed by atoms with van der Waals surface area (Å²) >= 11 is 0. The molecular weight excluding hydrogens is 226 g/mol. The zero-order valence-corrected chi connectivity index (χ0v) is 11.7. The summed E-state index contributed by atoms with van der Waals surface area (Å²) in [6.45, 7) is 8.57. The van der Waals surface area contributed by atoms with Gasteiger partial charge in [0.2, 0.25) is 0 Å². The Morgan fingerprint density at radius 1 is 1.61 bits per heavy atom. The molecule has 4 nitrogen and oxygen atoms in total. The zero-order valence-electron chi connectivity index (χ0n) is 11.7. The minimum Gasteiger partial charge on any atom is -0.350 e. The highest BCUT2D eigenvalue weighted by Crippen LogP contribution is 2.41. The van der Waals surface area contributed by atoms with E-state index in [0.29, 0.717) is 5.92 Å². The highest BCUT2D eigenvalue weighted by atomic mass is 16.2. The van der Waals surface area contributed by atoms with Crippen LogP contribution in [-0.4, -0.2) is 11.7 Å². The van der Waals surface area contributed by atoms with Crippen molar-refractivity contribution in [1.29, 1.82) is 0 Å². The first-order chi connectivity index (χ1) is 8.33. The van der Waals surface area contributed by atoms with Crippen molar-refractivity contribution in [2.75, 3.05) is 0 Å². The van der Waals surface area contributed by atoms with Crippen LogP contribution in [0, 0.1) is 11.3 Å². The molecule has 0 aromatic carbocycles. The van der Waals surface area contributed by atoms with E-state index < -0.39 is 6.03 Å². The van der Waals surface area contributed by atoms with Crippen LogP contribution in [0.25, 0.3) is 0 Å². The number of carbonyl (C=O) groups excluding carboxylic acids is 1. The van der Waals surface area contributed by atoms with Gasteiger partial charge in [0.1, 0.15) is 0 Å².